The molecule has 17 heteroatoms. The SMILES string of the molecule is C=CC(=O)OCCC(F)(F)OC(F)(F)OC(F)(F)CCSc1ccc2cc(-c3ccc(OC)cc3C(F)(F)F)c(=O)oc2c1. The van der Waals surface area contributed by atoms with Crippen LogP contribution in [0.4, 0.5) is 39.5 Å². The maximum atomic E-state index is 14.0. The lowest BCUT2D eigenvalue weighted by molar-refractivity contribution is -0.514. The van der Waals surface area contributed by atoms with Crippen molar-refractivity contribution < 1.29 is 67.7 Å². The van der Waals surface area contributed by atoms with Gasteiger partial charge in [-0.2, -0.15) is 30.7 Å². The molecule has 2 aromatic carbocycles. The van der Waals surface area contributed by atoms with Gasteiger partial charge in [-0.25, -0.2) is 19.1 Å². The average Bonchev–Trinajstić information content (AvgIpc) is 2.90. The molecule has 0 bridgehead atoms. The summed E-state index contributed by atoms with van der Waals surface area (Å²) in [4.78, 5) is 23.6. The van der Waals surface area contributed by atoms with Gasteiger partial charge in [-0.1, -0.05) is 12.6 Å². The normalized spacial score (nSPS) is 12.8. The second-order valence-corrected chi connectivity index (χ2v) is 9.89. The van der Waals surface area contributed by atoms with Crippen molar-refractivity contribution in [3.8, 4) is 16.9 Å². The van der Waals surface area contributed by atoms with E-state index < -0.39 is 78.2 Å². The van der Waals surface area contributed by atoms with Crippen LogP contribution in [0.15, 0.2) is 69.2 Å². The van der Waals surface area contributed by atoms with E-state index in [1.807, 2.05) is 0 Å². The number of carbonyl (C=O) groups excluding carboxylic acids is 1. The smallest absolute Gasteiger partial charge is 0.494 e. The predicted molar refractivity (Wildman–Crippen MR) is 138 cm³/mol. The molecule has 0 N–H and O–H groups in total. The number of thioether (sulfide) groups is 1. The molecule has 0 atom stereocenters. The maximum Gasteiger partial charge on any atom is 0.494 e. The largest absolute Gasteiger partial charge is 0.497 e. The molecule has 0 fully saturated rings. The highest BCUT2D eigenvalue weighted by Gasteiger charge is 2.51. The van der Waals surface area contributed by atoms with E-state index in [1.165, 1.54) is 31.4 Å². The average molecular weight is 661 g/mol. The third kappa shape index (κ3) is 9.65. The molecule has 240 valence electrons. The summed E-state index contributed by atoms with van der Waals surface area (Å²) in [5, 5.41) is 0.179. The highest BCUT2D eigenvalue weighted by atomic mass is 32.2. The van der Waals surface area contributed by atoms with Crippen LogP contribution in [0, 0.1) is 0 Å². The van der Waals surface area contributed by atoms with E-state index in [0.717, 1.165) is 18.2 Å². The molecule has 44 heavy (non-hydrogen) atoms. The monoisotopic (exact) mass is 660 g/mol. The van der Waals surface area contributed by atoms with Crippen LogP contribution in [0.3, 0.4) is 0 Å². The fourth-order valence-electron chi connectivity index (χ4n) is 3.58. The fourth-order valence-corrected chi connectivity index (χ4v) is 4.51. The second kappa shape index (κ2) is 13.5. The van der Waals surface area contributed by atoms with Gasteiger partial charge in [0.05, 0.1) is 31.3 Å². The van der Waals surface area contributed by atoms with Crippen molar-refractivity contribution in [2.45, 2.75) is 42.4 Å². The van der Waals surface area contributed by atoms with E-state index in [9.17, 15) is 49.1 Å². The van der Waals surface area contributed by atoms with Crippen molar-refractivity contribution in [1.82, 2.24) is 0 Å². The Morgan fingerprint density at radius 2 is 1.57 bits per heavy atom. The summed E-state index contributed by atoms with van der Waals surface area (Å²) in [7, 11) is 1.17. The number of esters is 1. The van der Waals surface area contributed by atoms with Gasteiger partial charge in [-0.3, -0.25) is 0 Å². The summed E-state index contributed by atoms with van der Waals surface area (Å²) >= 11 is 0.658. The molecule has 0 saturated heterocycles. The lowest BCUT2D eigenvalue weighted by Gasteiger charge is -2.26. The first-order valence-corrected chi connectivity index (χ1v) is 13.1. The zero-order valence-corrected chi connectivity index (χ0v) is 23.1. The zero-order chi connectivity index (χ0) is 32.9. The highest BCUT2D eigenvalue weighted by molar-refractivity contribution is 7.99. The third-order valence-electron chi connectivity index (χ3n) is 5.53. The summed E-state index contributed by atoms with van der Waals surface area (Å²) < 4.78 is 144. The number of hydrogen-bond acceptors (Lipinski definition) is 8. The molecule has 7 nitrogen and oxygen atoms in total. The third-order valence-corrected chi connectivity index (χ3v) is 6.53. The van der Waals surface area contributed by atoms with E-state index in [2.05, 4.69) is 20.8 Å². The number of halogens is 9. The summed E-state index contributed by atoms with van der Waals surface area (Å²) in [5.41, 5.74) is -3.27. The molecular weight excluding hydrogens is 639 g/mol. The van der Waals surface area contributed by atoms with Gasteiger partial charge in [0.2, 0.25) is 0 Å². The Labute approximate surface area is 246 Å². The van der Waals surface area contributed by atoms with Crippen molar-refractivity contribution in [3.05, 3.63) is 71.1 Å². The van der Waals surface area contributed by atoms with Gasteiger partial charge >= 0.3 is 36.3 Å². The van der Waals surface area contributed by atoms with Gasteiger partial charge in [0.1, 0.15) is 11.3 Å². The number of ether oxygens (including phenoxy) is 4. The van der Waals surface area contributed by atoms with E-state index >= 15 is 0 Å². The first-order chi connectivity index (χ1) is 20.3. The Bertz CT molecular complexity index is 1550. The second-order valence-electron chi connectivity index (χ2n) is 8.72. The van der Waals surface area contributed by atoms with Crippen LogP contribution >= 0.6 is 11.8 Å². The van der Waals surface area contributed by atoms with Crippen LogP contribution in [0.5, 0.6) is 5.75 Å². The number of benzene rings is 2. The molecule has 3 aromatic rings. The van der Waals surface area contributed by atoms with E-state index in [4.69, 9.17) is 9.15 Å². The maximum absolute atomic E-state index is 14.0. The molecule has 0 aliphatic heterocycles. The number of fused-ring (bicyclic) bond motifs is 1. The minimum absolute atomic E-state index is 0.0955. The Kier molecular flexibility index (Phi) is 10.7. The van der Waals surface area contributed by atoms with E-state index in [1.54, 1.807) is 0 Å². The molecular formula is C27H21F9O7S. The van der Waals surface area contributed by atoms with Crippen molar-refractivity contribution in [1.29, 1.82) is 0 Å². The number of rotatable bonds is 14. The van der Waals surface area contributed by atoms with E-state index in [0.29, 0.717) is 17.8 Å². The van der Waals surface area contributed by atoms with Crippen LogP contribution < -0.4 is 10.4 Å². The number of methoxy groups -OCH3 is 1. The highest BCUT2D eigenvalue weighted by Crippen LogP contribution is 2.40. The fraction of sp³-hybridized carbons (Fsp3) is 0.333. The van der Waals surface area contributed by atoms with Gasteiger partial charge in [0, 0.05) is 34.1 Å². The Morgan fingerprint density at radius 1 is 0.909 bits per heavy atom. The number of alkyl halides is 9. The molecule has 1 aromatic heterocycles. The van der Waals surface area contributed by atoms with Gasteiger partial charge in [-0.15, -0.1) is 20.5 Å². The predicted octanol–water partition coefficient (Wildman–Crippen LogP) is 7.86. The molecule has 0 amide bonds. The number of hydrogen-bond donors (Lipinski definition) is 0. The molecule has 0 radical (unpaired) electrons. The first-order valence-electron chi connectivity index (χ1n) is 12.1. The lowest BCUT2D eigenvalue weighted by Crippen LogP contribution is -2.41. The first kappa shape index (κ1) is 34.8. The van der Waals surface area contributed by atoms with Crippen LogP contribution in [0.2, 0.25) is 0 Å². The summed E-state index contributed by atoms with van der Waals surface area (Å²) in [6.07, 6.45) is -22.0. The van der Waals surface area contributed by atoms with Gasteiger partial charge in [0.25, 0.3) is 0 Å². The standard InChI is InChI=1S/C27H21F9O7S/c1-3-22(37)40-10-8-24(28,29)42-27(35,36)43-25(30,31)9-11-44-17-6-4-15-12-19(23(38)41-21(15)14-17)18-7-5-16(39-2)13-20(18)26(32,33)34/h3-7,12-14H,1,8-11H2,2H3. The quantitative estimate of drug-likeness (QED) is 0.0432. The summed E-state index contributed by atoms with van der Waals surface area (Å²) in [6.45, 7) is 1.91. The van der Waals surface area contributed by atoms with Gasteiger partial charge in [0.15, 0.2) is 0 Å². The van der Waals surface area contributed by atoms with E-state index in [-0.39, 0.29) is 21.6 Å². The van der Waals surface area contributed by atoms with Crippen molar-refractivity contribution in [2.24, 2.45) is 0 Å². The van der Waals surface area contributed by atoms with Gasteiger partial charge < -0.3 is 13.9 Å². The van der Waals surface area contributed by atoms with Crippen LogP contribution in [0.1, 0.15) is 18.4 Å². The molecule has 0 aliphatic rings. The Balaban J connectivity index is 1.67. The number of carbonyl (C=O) groups is 1. The molecule has 0 unspecified atom stereocenters. The van der Waals surface area contributed by atoms with Crippen LogP contribution in [-0.2, 0) is 25.2 Å². The van der Waals surface area contributed by atoms with Crippen molar-refractivity contribution in [2.75, 3.05) is 19.5 Å². The van der Waals surface area contributed by atoms with Crippen molar-refractivity contribution >= 4 is 28.7 Å². The molecule has 0 aliphatic carbocycles. The minimum atomic E-state index is -5.43. The van der Waals surface area contributed by atoms with Crippen LogP contribution in [0.25, 0.3) is 22.1 Å². The van der Waals surface area contributed by atoms with Crippen LogP contribution in [-0.4, -0.2) is 44.0 Å². The molecule has 3 rings (SSSR count). The minimum Gasteiger partial charge on any atom is -0.497 e. The Morgan fingerprint density at radius 3 is 2.18 bits per heavy atom. The molecule has 0 saturated carbocycles. The zero-order valence-electron chi connectivity index (χ0n) is 22.3. The topological polar surface area (TPSA) is 84.2 Å². The van der Waals surface area contributed by atoms with Gasteiger partial charge in [-0.05, 0) is 36.4 Å². The summed E-state index contributed by atoms with van der Waals surface area (Å²) in [6, 6.07) is 8.01. The Hall–Kier alpha value is -3.70. The molecule has 1 heterocycles. The summed E-state index contributed by atoms with van der Waals surface area (Å²) in [5.74, 6) is -1.83. The molecule has 0 spiro atoms. The lowest BCUT2D eigenvalue weighted by atomic mass is 9.99. The van der Waals surface area contributed by atoms with Crippen molar-refractivity contribution in [3.63, 3.8) is 0 Å².